The molecule has 0 aromatic heterocycles. The van der Waals surface area contributed by atoms with Crippen LogP contribution in [0.5, 0.6) is 0 Å². The Morgan fingerprint density at radius 1 is 1.25 bits per heavy atom. The van der Waals surface area contributed by atoms with Crippen molar-refractivity contribution in [2.75, 3.05) is 0 Å². The molecule has 0 saturated carbocycles. The van der Waals surface area contributed by atoms with Gasteiger partial charge in [0.2, 0.25) is 0 Å². The zero-order valence-corrected chi connectivity index (χ0v) is 16.7. The number of aliphatic carboxylic acids is 1. The molecule has 1 rings (SSSR count). The van der Waals surface area contributed by atoms with Crippen LogP contribution in [-0.4, -0.2) is 47.0 Å². The van der Waals surface area contributed by atoms with Gasteiger partial charge in [-0.25, -0.2) is 14.6 Å². The Bertz CT molecular complexity index is 682. The van der Waals surface area contributed by atoms with E-state index in [1.54, 1.807) is 27.7 Å². The number of rotatable bonds is 9. The van der Waals surface area contributed by atoms with Crippen LogP contribution in [0.1, 0.15) is 46.1 Å². The van der Waals surface area contributed by atoms with Crippen molar-refractivity contribution in [3.63, 3.8) is 0 Å². The van der Waals surface area contributed by atoms with Crippen LogP contribution in [-0.2, 0) is 25.7 Å². The maximum Gasteiger partial charge on any atom is 0.408 e. The van der Waals surface area contributed by atoms with Gasteiger partial charge in [0.25, 0.3) is 0 Å². The molecule has 0 aliphatic heterocycles. The van der Waals surface area contributed by atoms with Gasteiger partial charge in [0.15, 0.2) is 5.90 Å². The maximum absolute atomic E-state index is 11.9. The lowest BCUT2D eigenvalue weighted by Gasteiger charge is -2.22. The van der Waals surface area contributed by atoms with E-state index in [0.717, 1.165) is 5.56 Å². The number of nitrogens with zero attached hydrogens (tertiary/aromatic N) is 1. The van der Waals surface area contributed by atoms with Crippen LogP contribution >= 0.6 is 0 Å². The van der Waals surface area contributed by atoms with Crippen molar-refractivity contribution >= 4 is 24.2 Å². The molecule has 0 saturated heterocycles. The monoisotopic (exact) mass is 392 g/mol. The molecule has 0 spiro atoms. The first kappa shape index (κ1) is 23.1. The van der Waals surface area contributed by atoms with Crippen LogP contribution in [0.3, 0.4) is 0 Å². The third kappa shape index (κ3) is 9.16. The Morgan fingerprint density at radius 2 is 1.89 bits per heavy atom. The zero-order chi connectivity index (χ0) is 21.2. The number of carboxylic acids is 1. The number of nitrogens with one attached hydrogen (secondary N) is 1. The predicted octanol–water partition coefficient (Wildman–Crippen LogP) is 2.95. The molecule has 2 N–H and O–H groups in total. The van der Waals surface area contributed by atoms with Gasteiger partial charge in [-0.1, -0.05) is 37.3 Å². The standard InChI is InChI=1S/C20H28N2O6/c1-5-15(12-23)21-17(27-13-14-9-7-6-8-10-14)11-16(18(24)25)22-19(26)28-20(2,3)4/h6-10,12,15-16H,5,11,13H2,1-4H3,(H,22,26)(H,24,25)/t15-,16+/m1/s1. The first-order valence-corrected chi connectivity index (χ1v) is 9.05. The number of alkyl carbamates (subject to hydrolysis) is 1. The molecule has 1 amide bonds. The number of amides is 1. The van der Waals surface area contributed by atoms with E-state index in [1.165, 1.54) is 0 Å². The van der Waals surface area contributed by atoms with Gasteiger partial charge in [0.05, 0.1) is 6.42 Å². The molecular weight excluding hydrogens is 364 g/mol. The Morgan fingerprint density at radius 3 is 2.39 bits per heavy atom. The third-order valence-corrected chi connectivity index (χ3v) is 3.50. The van der Waals surface area contributed by atoms with Crippen molar-refractivity contribution in [2.24, 2.45) is 4.99 Å². The highest BCUT2D eigenvalue weighted by atomic mass is 16.6. The summed E-state index contributed by atoms with van der Waals surface area (Å²) in [6.45, 7) is 6.97. The minimum atomic E-state index is -1.31. The Labute approximate surface area is 164 Å². The number of aliphatic imine (C=N–C) groups is 1. The highest BCUT2D eigenvalue weighted by Gasteiger charge is 2.26. The minimum Gasteiger partial charge on any atom is -0.480 e. The van der Waals surface area contributed by atoms with Crippen molar-refractivity contribution in [3.8, 4) is 0 Å². The number of carbonyl (C=O) groups excluding carboxylic acids is 2. The second-order valence-electron chi connectivity index (χ2n) is 7.15. The molecule has 0 bridgehead atoms. The van der Waals surface area contributed by atoms with E-state index in [2.05, 4.69) is 10.3 Å². The summed E-state index contributed by atoms with van der Waals surface area (Å²) in [6.07, 6.45) is 0.0397. The normalized spacial score (nSPS) is 13.9. The second kappa shape index (κ2) is 11.1. The number of benzene rings is 1. The summed E-state index contributed by atoms with van der Waals surface area (Å²) in [5, 5.41) is 11.8. The van der Waals surface area contributed by atoms with Gasteiger partial charge in [-0.3, -0.25) is 0 Å². The topological polar surface area (TPSA) is 114 Å². The second-order valence-corrected chi connectivity index (χ2v) is 7.15. The van der Waals surface area contributed by atoms with Crippen molar-refractivity contribution in [3.05, 3.63) is 35.9 Å². The van der Waals surface area contributed by atoms with Crippen molar-refractivity contribution < 1.29 is 29.0 Å². The first-order valence-electron chi connectivity index (χ1n) is 9.05. The molecule has 0 heterocycles. The molecule has 1 aromatic rings. The fraction of sp³-hybridized carbons (Fsp3) is 0.500. The molecule has 8 nitrogen and oxygen atoms in total. The van der Waals surface area contributed by atoms with Crippen LogP contribution in [0.4, 0.5) is 4.79 Å². The lowest BCUT2D eigenvalue weighted by molar-refractivity contribution is -0.139. The fourth-order valence-electron chi connectivity index (χ4n) is 2.12. The zero-order valence-electron chi connectivity index (χ0n) is 16.7. The van der Waals surface area contributed by atoms with E-state index in [0.29, 0.717) is 12.7 Å². The highest BCUT2D eigenvalue weighted by molar-refractivity contribution is 5.87. The van der Waals surface area contributed by atoms with E-state index in [4.69, 9.17) is 9.47 Å². The molecule has 2 atom stereocenters. The van der Waals surface area contributed by atoms with Gasteiger partial charge in [0.1, 0.15) is 30.6 Å². The molecule has 28 heavy (non-hydrogen) atoms. The van der Waals surface area contributed by atoms with Crippen molar-refractivity contribution in [1.29, 1.82) is 0 Å². The highest BCUT2D eigenvalue weighted by Crippen LogP contribution is 2.10. The van der Waals surface area contributed by atoms with Gasteiger partial charge < -0.3 is 24.7 Å². The van der Waals surface area contributed by atoms with Gasteiger partial charge in [0, 0.05) is 0 Å². The minimum absolute atomic E-state index is 0.0752. The molecule has 8 heteroatoms. The predicted molar refractivity (Wildman–Crippen MR) is 104 cm³/mol. The van der Waals surface area contributed by atoms with E-state index in [9.17, 15) is 19.5 Å². The Balaban J connectivity index is 2.91. The molecule has 0 radical (unpaired) electrons. The molecule has 154 valence electrons. The lowest BCUT2D eigenvalue weighted by Crippen LogP contribution is -2.44. The molecule has 0 aliphatic carbocycles. The summed E-state index contributed by atoms with van der Waals surface area (Å²) in [7, 11) is 0. The number of ether oxygens (including phenoxy) is 2. The average Bonchev–Trinajstić information content (AvgIpc) is 2.62. The van der Waals surface area contributed by atoms with Crippen LogP contribution in [0.15, 0.2) is 35.3 Å². The third-order valence-electron chi connectivity index (χ3n) is 3.50. The molecule has 1 aromatic carbocycles. The fourth-order valence-corrected chi connectivity index (χ4v) is 2.12. The summed E-state index contributed by atoms with van der Waals surface area (Å²) in [5.74, 6) is -1.19. The van der Waals surface area contributed by atoms with Crippen molar-refractivity contribution in [1.82, 2.24) is 5.32 Å². The van der Waals surface area contributed by atoms with E-state index >= 15 is 0 Å². The SMILES string of the molecule is CC[C@H](C=O)N=C(C[C@H](NC(=O)OC(C)(C)C)C(=O)O)OCc1ccccc1. The van der Waals surface area contributed by atoms with Gasteiger partial charge >= 0.3 is 12.1 Å². The number of hydrogen-bond acceptors (Lipinski definition) is 6. The molecule has 0 unspecified atom stereocenters. The summed E-state index contributed by atoms with van der Waals surface area (Å²) < 4.78 is 10.8. The molecule has 0 fully saturated rings. The van der Waals surface area contributed by atoms with E-state index < -0.39 is 29.7 Å². The summed E-state index contributed by atoms with van der Waals surface area (Å²) in [4.78, 5) is 38.9. The quantitative estimate of drug-likeness (QED) is 0.379. The first-order chi connectivity index (χ1) is 13.1. The van der Waals surface area contributed by atoms with Crippen LogP contribution in [0, 0.1) is 0 Å². The summed E-state index contributed by atoms with van der Waals surface area (Å²) >= 11 is 0. The number of carbonyl (C=O) groups is 3. The van der Waals surface area contributed by atoms with Gasteiger partial charge in [-0.2, -0.15) is 0 Å². The maximum atomic E-state index is 11.9. The van der Waals surface area contributed by atoms with E-state index in [-0.39, 0.29) is 18.9 Å². The summed E-state index contributed by atoms with van der Waals surface area (Å²) in [5.41, 5.74) is 0.0972. The largest absolute Gasteiger partial charge is 0.480 e. The van der Waals surface area contributed by atoms with Gasteiger partial charge in [-0.05, 0) is 32.8 Å². The summed E-state index contributed by atoms with van der Waals surface area (Å²) in [6, 6.07) is 7.29. The smallest absolute Gasteiger partial charge is 0.408 e. The van der Waals surface area contributed by atoms with Gasteiger partial charge in [-0.15, -0.1) is 0 Å². The Kier molecular flexibility index (Phi) is 9.14. The number of carboxylic acid groups (broad SMARTS) is 1. The Hall–Kier alpha value is -2.90. The van der Waals surface area contributed by atoms with Crippen LogP contribution in [0.2, 0.25) is 0 Å². The molecule has 0 aliphatic rings. The van der Waals surface area contributed by atoms with Crippen LogP contribution in [0.25, 0.3) is 0 Å². The van der Waals surface area contributed by atoms with Crippen molar-refractivity contribution in [2.45, 2.75) is 64.8 Å². The average molecular weight is 392 g/mol. The molecular formula is C20H28N2O6. The number of aldehydes is 1. The number of hydrogen-bond donors (Lipinski definition) is 2. The lowest BCUT2D eigenvalue weighted by atomic mass is 10.2. The van der Waals surface area contributed by atoms with Crippen LogP contribution < -0.4 is 5.32 Å². The van der Waals surface area contributed by atoms with E-state index in [1.807, 2.05) is 30.3 Å².